The molecule has 14 heteroatoms. The summed E-state index contributed by atoms with van der Waals surface area (Å²) in [5, 5.41) is 23.9. The van der Waals surface area contributed by atoms with Crippen LogP contribution in [0.5, 0.6) is 0 Å². The van der Waals surface area contributed by atoms with Gasteiger partial charge in [0.2, 0.25) is 21.8 Å². The zero-order valence-electron chi connectivity index (χ0n) is 20.8. The molecule has 3 fully saturated rings. The number of hydrogen-bond donors (Lipinski definition) is 5. The number of carbonyl (C=O) groups excluding carboxylic acids is 3. The summed E-state index contributed by atoms with van der Waals surface area (Å²) in [6.45, 7) is 3.47. The molecule has 13 nitrogen and oxygen atoms in total. The molecule has 206 valence electrons. The highest BCUT2D eigenvalue weighted by atomic mass is 32.2. The van der Waals surface area contributed by atoms with Crippen LogP contribution in [0.3, 0.4) is 0 Å². The van der Waals surface area contributed by atoms with Gasteiger partial charge in [0.15, 0.2) is 0 Å². The number of rotatable bonds is 4. The Bertz CT molecular complexity index is 1090. The second-order valence-corrected chi connectivity index (χ2v) is 12.5. The number of nitrogens with zero attached hydrogens (tertiary/aromatic N) is 1. The van der Waals surface area contributed by atoms with E-state index < -0.39 is 74.7 Å². The molecule has 2 aliphatic carbocycles. The van der Waals surface area contributed by atoms with Crippen molar-refractivity contribution in [1.82, 2.24) is 20.3 Å². The van der Waals surface area contributed by atoms with Crippen LogP contribution >= 0.6 is 0 Å². The number of aliphatic hydroxyl groups is 1. The van der Waals surface area contributed by atoms with Gasteiger partial charge in [-0.3, -0.25) is 19.1 Å². The fourth-order valence-corrected chi connectivity index (χ4v) is 6.56. The van der Waals surface area contributed by atoms with Crippen LogP contribution in [0.2, 0.25) is 0 Å². The average Bonchev–Trinajstić information content (AvgIpc) is 3.72. The number of aliphatic hydroxyl groups excluding tert-OH is 1. The molecule has 0 aromatic carbocycles. The molecule has 4 amide bonds. The molecule has 0 bridgehead atoms. The fourth-order valence-electron chi connectivity index (χ4n) is 5.20. The first kappa shape index (κ1) is 27.3. The smallest absolute Gasteiger partial charge is 0.405 e. The molecule has 4 aliphatic rings. The van der Waals surface area contributed by atoms with Gasteiger partial charge in [-0.2, -0.15) is 0 Å². The highest BCUT2D eigenvalue weighted by Gasteiger charge is 2.62. The molecule has 0 spiro atoms. The molecule has 7 atom stereocenters. The summed E-state index contributed by atoms with van der Waals surface area (Å²) in [6, 6.07) is -2.36. The number of carboxylic acid groups (broad SMARTS) is 1. The van der Waals surface area contributed by atoms with E-state index in [0.717, 1.165) is 4.90 Å². The summed E-state index contributed by atoms with van der Waals surface area (Å²) in [5.74, 6) is -3.23. The van der Waals surface area contributed by atoms with Gasteiger partial charge in [0.05, 0.1) is 24.1 Å². The maximum atomic E-state index is 13.5. The van der Waals surface area contributed by atoms with Crippen molar-refractivity contribution in [2.45, 2.75) is 81.0 Å². The average molecular weight is 543 g/mol. The van der Waals surface area contributed by atoms with E-state index in [2.05, 4.69) is 15.4 Å². The Hall–Kier alpha value is -2.71. The summed E-state index contributed by atoms with van der Waals surface area (Å²) < 4.78 is 32.7. The summed E-state index contributed by atoms with van der Waals surface area (Å²) in [5.41, 5.74) is -1.53. The lowest BCUT2D eigenvalue weighted by molar-refractivity contribution is -0.142. The van der Waals surface area contributed by atoms with Gasteiger partial charge < -0.3 is 30.5 Å². The number of sulfonamides is 1. The Morgan fingerprint density at radius 2 is 1.92 bits per heavy atom. The molecule has 1 saturated heterocycles. The van der Waals surface area contributed by atoms with Gasteiger partial charge in [-0.15, -0.1) is 0 Å². The first-order valence-electron chi connectivity index (χ1n) is 12.5. The molecular formula is C23H34N4O9S. The van der Waals surface area contributed by atoms with Crippen molar-refractivity contribution in [3.63, 3.8) is 0 Å². The minimum Gasteiger partial charge on any atom is -0.465 e. The van der Waals surface area contributed by atoms with Crippen LogP contribution in [-0.4, -0.2) is 95.6 Å². The standard InChI is InChI=1S/C23H34N4O9S/c1-12-8-13(2)36-7-3-4-14-10-23(14,21(31)26-37(34,35)16-5-6-16)25-19(29)17-9-15(28)11-27(17)20(30)18(12)24-22(32)33/h3-4,12-18,24,28H,5-11H2,1-2H3,(H,25,29)(H,26,31)(H,32,33)/b4-3-/t12-,13+,14?,15-,17+,18+,23?/m1/s1. The molecule has 2 saturated carbocycles. The van der Waals surface area contributed by atoms with Crippen LogP contribution in [0.1, 0.15) is 46.0 Å². The SMILES string of the molecule is C[C@@H]1C[C@H](C)OC/C=C\C2CC2(C(=O)NS(=O)(=O)C2CC2)NC(=O)[C@@H]2C[C@@H](O)CN2C(=O)[C@H]1NC(=O)O. The van der Waals surface area contributed by atoms with Crippen molar-refractivity contribution < 1.29 is 42.5 Å². The van der Waals surface area contributed by atoms with Gasteiger partial charge in [-0.1, -0.05) is 19.1 Å². The van der Waals surface area contributed by atoms with Crippen molar-refractivity contribution in [2.24, 2.45) is 11.8 Å². The van der Waals surface area contributed by atoms with Crippen LogP contribution in [0.15, 0.2) is 12.2 Å². The quantitative estimate of drug-likeness (QED) is 0.279. The van der Waals surface area contributed by atoms with Crippen LogP contribution < -0.4 is 15.4 Å². The van der Waals surface area contributed by atoms with Gasteiger partial charge in [0.1, 0.15) is 17.6 Å². The molecule has 2 heterocycles. The lowest BCUT2D eigenvalue weighted by Crippen LogP contribution is -2.59. The Morgan fingerprint density at radius 3 is 2.57 bits per heavy atom. The van der Waals surface area contributed by atoms with Gasteiger partial charge in [0, 0.05) is 18.9 Å². The second-order valence-electron chi connectivity index (χ2n) is 10.6. The van der Waals surface area contributed by atoms with Gasteiger partial charge in [-0.05, 0) is 38.5 Å². The normalized spacial score (nSPS) is 37.8. The molecule has 2 unspecified atom stereocenters. The Kier molecular flexibility index (Phi) is 7.55. The zero-order valence-corrected chi connectivity index (χ0v) is 21.6. The fraction of sp³-hybridized carbons (Fsp3) is 0.739. The van der Waals surface area contributed by atoms with Crippen molar-refractivity contribution in [3.8, 4) is 0 Å². The number of fused-ring (bicyclic) bond motifs is 2. The monoisotopic (exact) mass is 542 g/mol. The highest BCUT2D eigenvalue weighted by Crippen LogP contribution is 2.46. The van der Waals surface area contributed by atoms with E-state index in [1.54, 1.807) is 26.0 Å². The van der Waals surface area contributed by atoms with Gasteiger partial charge in [-0.25, -0.2) is 13.2 Å². The Morgan fingerprint density at radius 1 is 1.22 bits per heavy atom. The van der Waals surface area contributed by atoms with Crippen molar-refractivity contribution in [1.29, 1.82) is 0 Å². The third-order valence-corrected chi connectivity index (χ3v) is 9.31. The largest absolute Gasteiger partial charge is 0.465 e. The van der Waals surface area contributed by atoms with E-state index in [1.807, 2.05) is 0 Å². The van der Waals surface area contributed by atoms with E-state index >= 15 is 0 Å². The number of amides is 4. The predicted molar refractivity (Wildman–Crippen MR) is 128 cm³/mol. The van der Waals surface area contributed by atoms with Crippen LogP contribution in [0, 0.1) is 11.8 Å². The Balaban J connectivity index is 1.63. The van der Waals surface area contributed by atoms with Gasteiger partial charge >= 0.3 is 6.09 Å². The summed E-state index contributed by atoms with van der Waals surface area (Å²) >= 11 is 0. The van der Waals surface area contributed by atoms with E-state index in [0.29, 0.717) is 19.3 Å². The van der Waals surface area contributed by atoms with Crippen molar-refractivity contribution in [2.75, 3.05) is 13.2 Å². The summed E-state index contributed by atoms with van der Waals surface area (Å²) in [7, 11) is -3.87. The van der Waals surface area contributed by atoms with Crippen LogP contribution in [0.4, 0.5) is 4.79 Å². The second kappa shape index (κ2) is 10.2. The Labute approximate surface area is 215 Å². The summed E-state index contributed by atoms with van der Waals surface area (Å²) in [6.07, 6.45) is 1.91. The minimum absolute atomic E-state index is 0.107. The highest BCUT2D eigenvalue weighted by molar-refractivity contribution is 7.91. The molecular weight excluding hydrogens is 508 g/mol. The molecule has 2 aliphatic heterocycles. The molecule has 4 rings (SSSR count). The van der Waals surface area contributed by atoms with E-state index in [9.17, 15) is 37.8 Å². The van der Waals surface area contributed by atoms with E-state index in [4.69, 9.17) is 4.74 Å². The van der Waals surface area contributed by atoms with E-state index in [1.165, 1.54) is 0 Å². The lowest BCUT2D eigenvalue weighted by atomic mass is 9.94. The van der Waals surface area contributed by atoms with Crippen molar-refractivity contribution >= 4 is 33.8 Å². The molecule has 5 N–H and O–H groups in total. The number of carbonyl (C=O) groups is 4. The molecule has 0 aromatic heterocycles. The number of nitrogens with one attached hydrogen (secondary N) is 3. The van der Waals surface area contributed by atoms with Gasteiger partial charge in [0.25, 0.3) is 5.91 Å². The summed E-state index contributed by atoms with van der Waals surface area (Å²) in [4.78, 5) is 52.7. The first-order valence-corrected chi connectivity index (χ1v) is 14.0. The first-order chi connectivity index (χ1) is 17.3. The maximum Gasteiger partial charge on any atom is 0.405 e. The lowest BCUT2D eigenvalue weighted by Gasteiger charge is -2.32. The van der Waals surface area contributed by atoms with Crippen LogP contribution in [-0.2, 0) is 29.1 Å². The molecule has 0 aromatic rings. The molecule has 37 heavy (non-hydrogen) atoms. The third-order valence-electron chi connectivity index (χ3n) is 7.49. The zero-order chi connectivity index (χ0) is 27.1. The van der Waals surface area contributed by atoms with Crippen molar-refractivity contribution in [3.05, 3.63) is 12.2 Å². The predicted octanol–water partition coefficient (Wildman–Crippen LogP) is -0.931. The maximum absolute atomic E-state index is 13.5. The number of ether oxygens (including phenoxy) is 1. The topological polar surface area (TPSA) is 191 Å². The third kappa shape index (κ3) is 5.91. The number of hydrogen-bond acceptors (Lipinski definition) is 8. The minimum atomic E-state index is -3.87. The van der Waals surface area contributed by atoms with Crippen LogP contribution in [0.25, 0.3) is 0 Å². The van der Waals surface area contributed by atoms with E-state index in [-0.39, 0.29) is 32.1 Å². The molecule has 0 radical (unpaired) electrons.